The van der Waals surface area contributed by atoms with Crippen LogP contribution in [0.2, 0.25) is 0 Å². The van der Waals surface area contributed by atoms with Gasteiger partial charge in [0.15, 0.2) is 0 Å². The smallest absolute Gasteiger partial charge is 0.308 e. The van der Waals surface area contributed by atoms with Gasteiger partial charge in [-0.25, -0.2) is 0 Å². The van der Waals surface area contributed by atoms with Crippen LogP contribution in [0.5, 0.6) is 0 Å². The Bertz CT molecular complexity index is 615. The van der Waals surface area contributed by atoms with E-state index in [0.717, 1.165) is 30.8 Å². The highest BCUT2D eigenvalue weighted by Crippen LogP contribution is 2.18. The number of ether oxygens (including phenoxy) is 2. The van der Waals surface area contributed by atoms with Crippen LogP contribution in [0.15, 0.2) is 24.3 Å². The molecule has 2 atom stereocenters. The summed E-state index contributed by atoms with van der Waals surface area (Å²) in [6, 6.07) is 7.40. The predicted molar refractivity (Wildman–Crippen MR) is 104 cm³/mol. The molecule has 1 fully saturated rings. The Balaban J connectivity index is 1.86. The SMILES string of the molecule is CC(=O)NC(CC(=O)OCC1CN(CC(C)C)CCO1)c1ccc(C)cc1. The van der Waals surface area contributed by atoms with Crippen molar-refractivity contribution in [2.45, 2.75) is 46.3 Å². The van der Waals surface area contributed by atoms with Crippen LogP contribution in [0.3, 0.4) is 0 Å². The lowest BCUT2D eigenvalue weighted by atomic mass is 10.0. The van der Waals surface area contributed by atoms with Crippen LogP contribution in [0.25, 0.3) is 0 Å². The lowest BCUT2D eigenvalue weighted by Crippen LogP contribution is -2.46. The van der Waals surface area contributed by atoms with Gasteiger partial charge in [0.1, 0.15) is 12.7 Å². The first-order valence-electron chi connectivity index (χ1n) is 9.66. The van der Waals surface area contributed by atoms with Crippen LogP contribution in [0.1, 0.15) is 44.4 Å². The molecular weight excluding hydrogens is 344 g/mol. The van der Waals surface area contributed by atoms with Crippen molar-refractivity contribution < 1.29 is 19.1 Å². The molecule has 6 heteroatoms. The average molecular weight is 376 g/mol. The van der Waals surface area contributed by atoms with Crippen LogP contribution in [0, 0.1) is 12.8 Å². The zero-order valence-corrected chi connectivity index (χ0v) is 16.9. The first kappa shape index (κ1) is 21.4. The Kier molecular flexibility index (Phi) is 8.25. The summed E-state index contributed by atoms with van der Waals surface area (Å²) in [7, 11) is 0. The van der Waals surface area contributed by atoms with Gasteiger partial charge in [0, 0.05) is 26.6 Å². The second-order valence-corrected chi connectivity index (χ2v) is 7.70. The Morgan fingerprint density at radius 2 is 2.00 bits per heavy atom. The molecule has 0 radical (unpaired) electrons. The van der Waals surface area contributed by atoms with Crippen molar-refractivity contribution in [2.75, 3.05) is 32.8 Å². The van der Waals surface area contributed by atoms with Crippen LogP contribution < -0.4 is 5.32 Å². The van der Waals surface area contributed by atoms with Gasteiger partial charge in [-0.05, 0) is 18.4 Å². The molecule has 2 unspecified atom stereocenters. The van der Waals surface area contributed by atoms with E-state index in [9.17, 15) is 9.59 Å². The molecule has 1 N–H and O–H groups in total. The fraction of sp³-hybridized carbons (Fsp3) is 0.619. The number of carbonyl (C=O) groups excluding carboxylic acids is 2. The molecule has 6 nitrogen and oxygen atoms in total. The zero-order chi connectivity index (χ0) is 19.8. The molecule has 1 aromatic rings. The normalized spacial score (nSPS) is 18.9. The number of nitrogens with one attached hydrogen (secondary N) is 1. The molecule has 150 valence electrons. The minimum Gasteiger partial charge on any atom is -0.463 e. The van der Waals surface area contributed by atoms with Crippen molar-refractivity contribution in [1.82, 2.24) is 10.2 Å². The minimum absolute atomic E-state index is 0.0972. The predicted octanol–water partition coefficient (Wildman–Crippen LogP) is 2.46. The van der Waals surface area contributed by atoms with Crippen molar-refractivity contribution >= 4 is 11.9 Å². The van der Waals surface area contributed by atoms with Gasteiger partial charge in [-0.15, -0.1) is 0 Å². The Hall–Kier alpha value is -1.92. The quantitative estimate of drug-likeness (QED) is 0.706. The van der Waals surface area contributed by atoms with Gasteiger partial charge in [-0.2, -0.15) is 0 Å². The summed E-state index contributed by atoms with van der Waals surface area (Å²) < 4.78 is 11.2. The van der Waals surface area contributed by atoms with Crippen LogP contribution >= 0.6 is 0 Å². The van der Waals surface area contributed by atoms with E-state index in [2.05, 4.69) is 24.1 Å². The minimum atomic E-state index is -0.389. The van der Waals surface area contributed by atoms with Crippen molar-refractivity contribution in [3.05, 3.63) is 35.4 Å². The zero-order valence-electron chi connectivity index (χ0n) is 16.9. The second kappa shape index (κ2) is 10.4. The highest BCUT2D eigenvalue weighted by Gasteiger charge is 2.23. The highest BCUT2D eigenvalue weighted by molar-refractivity contribution is 5.76. The molecule has 1 aromatic carbocycles. The van der Waals surface area contributed by atoms with E-state index in [-0.39, 0.29) is 37.0 Å². The third-order valence-corrected chi connectivity index (χ3v) is 4.50. The summed E-state index contributed by atoms with van der Waals surface area (Å²) in [6.45, 7) is 11.4. The van der Waals surface area contributed by atoms with Gasteiger partial charge in [0.05, 0.1) is 19.1 Å². The van der Waals surface area contributed by atoms with Crippen molar-refractivity contribution in [1.29, 1.82) is 0 Å². The third-order valence-electron chi connectivity index (χ3n) is 4.50. The molecule has 0 spiro atoms. The van der Waals surface area contributed by atoms with E-state index < -0.39 is 0 Å². The Labute approximate surface area is 162 Å². The molecule has 27 heavy (non-hydrogen) atoms. The van der Waals surface area contributed by atoms with E-state index >= 15 is 0 Å². The molecule has 2 rings (SSSR count). The average Bonchev–Trinajstić information content (AvgIpc) is 2.59. The number of nitrogens with zero attached hydrogens (tertiary/aromatic N) is 1. The van der Waals surface area contributed by atoms with Crippen molar-refractivity contribution in [2.24, 2.45) is 5.92 Å². The molecule has 0 saturated carbocycles. The molecule has 0 aromatic heterocycles. The lowest BCUT2D eigenvalue weighted by molar-refractivity contribution is -0.151. The van der Waals surface area contributed by atoms with Crippen molar-refractivity contribution in [3.63, 3.8) is 0 Å². The molecule has 1 aliphatic rings. The maximum Gasteiger partial charge on any atom is 0.308 e. The van der Waals surface area contributed by atoms with Gasteiger partial charge in [0.25, 0.3) is 0 Å². The lowest BCUT2D eigenvalue weighted by Gasteiger charge is -2.33. The van der Waals surface area contributed by atoms with E-state index in [1.165, 1.54) is 6.92 Å². The van der Waals surface area contributed by atoms with E-state index in [0.29, 0.717) is 12.5 Å². The summed E-state index contributed by atoms with van der Waals surface area (Å²) in [4.78, 5) is 26.2. The maximum absolute atomic E-state index is 12.3. The highest BCUT2D eigenvalue weighted by atomic mass is 16.6. The largest absolute Gasteiger partial charge is 0.463 e. The molecule has 0 bridgehead atoms. The maximum atomic E-state index is 12.3. The first-order valence-corrected chi connectivity index (χ1v) is 9.66. The number of esters is 1. The van der Waals surface area contributed by atoms with Gasteiger partial charge >= 0.3 is 5.97 Å². The van der Waals surface area contributed by atoms with Crippen LogP contribution in [-0.4, -0.2) is 55.7 Å². The number of hydrogen-bond acceptors (Lipinski definition) is 5. The van der Waals surface area contributed by atoms with Gasteiger partial charge in [0.2, 0.25) is 5.91 Å². The van der Waals surface area contributed by atoms with E-state index in [1.807, 2.05) is 31.2 Å². The van der Waals surface area contributed by atoms with E-state index in [4.69, 9.17) is 9.47 Å². The number of morpholine rings is 1. The molecule has 1 saturated heterocycles. The Morgan fingerprint density at radius 3 is 2.63 bits per heavy atom. The second-order valence-electron chi connectivity index (χ2n) is 7.70. The van der Waals surface area contributed by atoms with Crippen LogP contribution in [0.4, 0.5) is 0 Å². The standard InChI is InChI=1S/C21H32N2O4/c1-15(2)12-23-9-10-26-19(13-23)14-27-21(25)11-20(22-17(4)24)18-7-5-16(3)6-8-18/h5-8,15,19-20H,9-14H2,1-4H3,(H,22,24). The number of rotatable bonds is 8. The summed E-state index contributed by atoms with van der Waals surface area (Å²) >= 11 is 0. The number of hydrogen-bond donors (Lipinski definition) is 1. The first-order chi connectivity index (χ1) is 12.8. The van der Waals surface area contributed by atoms with Crippen LogP contribution in [-0.2, 0) is 19.1 Å². The number of aryl methyl sites for hydroxylation is 1. The Morgan fingerprint density at radius 1 is 1.30 bits per heavy atom. The van der Waals surface area contributed by atoms with E-state index in [1.54, 1.807) is 0 Å². The monoisotopic (exact) mass is 376 g/mol. The number of carbonyl (C=O) groups is 2. The molecule has 1 amide bonds. The fourth-order valence-corrected chi connectivity index (χ4v) is 3.27. The summed E-state index contributed by atoms with van der Waals surface area (Å²) in [6.07, 6.45) is 0.00507. The summed E-state index contributed by atoms with van der Waals surface area (Å²) in [5.74, 6) is 0.0893. The third kappa shape index (κ3) is 7.69. The van der Waals surface area contributed by atoms with Gasteiger partial charge < -0.3 is 14.8 Å². The molecule has 1 heterocycles. The fourth-order valence-electron chi connectivity index (χ4n) is 3.27. The molecule has 0 aliphatic carbocycles. The van der Waals surface area contributed by atoms with Gasteiger partial charge in [-0.3, -0.25) is 14.5 Å². The summed E-state index contributed by atoms with van der Waals surface area (Å²) in [5, 5.41) is 2.83. The summed E-state index contributed by atoms with van der Waals surface area (Å²) in [5.41, 5.74) is 2.02. The number of amides is 1. The number of benzene rings is 1. The topological polar surface area (TPSA) is 67.9 Å². The van der Waals surface area contributed by atoms with Gasteiger partial charge in [-0.1, -0.05) is 43.7 Å². The molecule has 1 aliphatic heterocycles. The molecular formula is C21H32N2O4. The van der Waals surface area contributed by atoms with Crippen molar-refractivity contribution in [3.8, 4) is 0 Å².